The fourth-order valence-corrected chi connectivity index (χ4v) is 3.00. The molecule has 1 fully saturated rings. The number of amides is 1. The van der Waals surface area contributed by atoms with Crippen molar-refractivity contribution in [3.05, 3.63) is 29.8 Å². The van der Waals surface area contributed by atoms with Gasteiger partial charge in [-0.2, -0.15) is 0 Å². The van der Waals surface area contributed by atoms with Crippen molar-refractivity contribution >= 4 is 11.6 Å². The van der Waals surface area contributed by atoms with E-state index in [-0.39, 0.29) is 17.2 Å². The minimum atomic E-state index is -0.315. The number of primary amides is 1. The molecule has 0 bridgehead atoms. The van der Waals surface area contributed by atoms with Gasteiger partial charge in [-0.3, -0.25) is 4.79 Å². The fourth-order valence-electron chi connectivity index (χ4n) is 3.00. The quantitative estimate of drug-likeness (QED) is 0.783. The Morgan fingerprint density at radius 1 is 1.35 bits per heavy atom. The van der Waals surface area contributed by atoms with Crippen LogP contribution in [0.5, 0.6) is 0 Å². The van der Waals surface area contributed by atoms with Crippen LogP contribution in [0.25, 0.3) is 0 Å². The molecule has 1 aromatic carbocycles. The summed E-state index contributed by atoms with van der Waals surface area (Å²) in [5, 5.41) is 0. The topological polar surface area (TPSA) is 69.1 Å². The molecule has 1 amide bonds. The number of hydrogen-bond acceptors (Lipinski definition) is 2. The maximum absolute atomic E-state index is 11.7. The molecule has 92 valence electrons. The van der Waals surface area contributed by atoms with Crippen molar-refractivity contribution in [3.63, 3.8) is 0 Å². The normalized spacial score (nSPS) is 19.4. The van der Waals surface area contributed by atoms with E-state index in [1.807, 2.05) is 24.3 Å². The van der Waals surface area contributed by atoms with Crippen LogP contribution in [0.4, 0.5) is 5.69 Å². The number of rotatable bonds is 4. The average molecular weight is 232 g/mol. The summed E-state index contributed by atoms with van der Waals surface area (Å²) in [7, 11) is 0. The van der Waals surface area contributed by atoms with E-state index >= 15 is 0 Å². The second kappa shape index (κ2) is 4.40. The van der Waals surface area contributed by atoms with E-state index < -0.39 is 0 Å². The lowest BCUT2D eigenvalue weighted by molar-refractivity contribution is -0.134. The highest BCUT2D eigenvalue weighted by atomic mass is 16.1. The SMILES string of the molecule is CCC(c1ccc(N)cc1)C1(C(N)=O)CCC1. The molecule has 4 N–H and O–H groups in total. The summed E-state index contributed by atoms with van der Waals surface area (Å²) in [6, 6.07) is 7.83. The van der Waals surface area contributed by atoms with Gasteiger partial charge < -0.3 is 11.5 Å². The molecule has 0 heterocycles. The van der Waals surface area contributed by atoms with E-state index in [0.29, 0.717) is 0 Å². The van der Waals surface area contributed by atoms with Gasteiger partial charge in [0.15, 0.2) is 0 Å². The summed E-state index contributed by atoms with van der Waals surface area (Å²) in [6.45, 7) is 2.12. The predicted molar refractivity (Wildman–Crippen MR) is 69.4 cm³/mol. The first-order valence-electron chi connectivity index (χ1n) is 6.25. The van der Waals surface area contributed by atoms with Crippen LogP contribution >= 0.6 is 0 Å². The smallest absolute Gasteiger partial charge is 0.224 e. The number of nitrogens with two attached hydrogens (primary N) is 2. The number of benzene rings is 1. The first-order chi connectivity index (χ1) is 8.10. The predicted octanol–water partition coefficient (Wildman–Crippen LogP) is 2.42. The van der Waals surface area contributed by atoms with Crippen LogP contribution in [-0.2, 0) is 4.79 Å². The van der Waals surface area contributed by atoms with Crippen LogP contribution < -0.4 is 11.5 Å². The Morgan fingerprint density at radius 2 is 1.94 bits per heavy atom. The first kappa shape index (κ1) is 12.0. The van der Waals surface area contributed by atoms with Gasteiger partial charge in [0.1, 0.15) is 0 Å². The van der Waals surface area contributed by atoms with Crippen molar-refractivity contribution in [1.29, 1.82) is 0 Å². The van der Waals surface area contributed by atoms with Crippen LogP contribution in [-0.4, -0.2) is 5.91 Å². The van der Waals surface area contributed by atoms with Gasteiger partial charge >= 0.3 is 0 Å². The Labute approximate surface area is 102 Å². The summed E-state index contributed by atoms with van der Waals surface area (Å²) in [5.41, 5.74) is 12.9. The van der Waals surface area contributed by atoms with Crippen LogP contribution in [0.1, 0.15) is 44.1 Å². The first-order valence-corrected chi connectivity index (χ1v) is 6.25. The Kier molecular flexibility index (Phi) is 3.09. The van der Waals surface area contributed by atoms with Crippen LogP contribution in [0.3, 0.4) is 0 Å². The van der Waals surface area contributed by atoms with E-state index in [0.717, 1.165) is 31.4 Å². The number of nitrogen functional groups attached to an aromatic ring is 1. The highest BCUT2D eigenvalue weighted by Gasteiger charge is 2.48. The van der Waals surface area contributed by atoms with Crippen LogP contribution in [0.15, 0.2) is 24.3 Å². The molecule has 0 spiro atoms. The maximum atomic E-state index is 11.7. The maximum Gasteiger partial charge on any atom is 0.224 e. The van der Waals surface area contributed by atoms with Gasteiger partial charge in [-0.1, -0.05) is 25.5 Å². The minimum Gasteiger partial charge on any atom is -0.399 e. The van der Waals surface area contributed by atoms with E-state index in [4.69, 9.17) is 11.5 Å². The molecule has 1 unspecified atom stereocenters. The van der Waals surface area contributed by atoms with Gasteiger partial charge in [-0.25, -0.2) is 0 Å². The second-order valence-electron chi connectivity index (χ2n) is 5.00. The van der Waals surface area contributed by atoms with Gasteiger partial charge in [0.25, 0.3) is 0 Å². The van der Waals surface area contributed by atoms with Gasteiger partial charge in [0, 0.05) is 5.69 Å². The van der Waals surface area contributed by atoms with E-state index in [1.54, 1.807) is 0 Å². The zero-order valence-corrected chi connectivity index (χ0v) is 10.3. The third-order valence-corrected chi connectivity index (χ3v) is 4.15. The molecule has 1 atom stereocenters. The third-order valence-electron chi connectivity index (χ3n) is 4.15. The Bertz CT molecular complexity index is 407. The van der Waals surface area contributed by atoms with E-state index in [1.165, 1.54) is 5.56 Å². The van der Waals surface area contributed by atoms with Crippen molar-refractivity contribution in [2.75, 3.05) is 5.73 Å². The summed E-state index contributed by atoms with van der Waals surface area (Å²) >= 11 is 0. The lowest BCUT2D eigenvalue weighted by Gasteiger charge is -2.45. The Hall–Kier alpha value is -1.51. The number of carbonyl (C=O) groups is 1. The lowest BCUT2D eigenvalue weighted by atomic mass is 9.58. The van der Waals surface area contributed by atoms with E-state index in [9.17, 15) is 4.79 Å². The molecule has 1 saturated carbocycles. The molecule has 3 nitrogen and oxygen atoms in total. The summed E-state index contributed by atoms with van der Waals surface area (Å²) in [4.78, 5) is 11.7. The molecular weight excluding hydrogens is 212 g/mol. The highest BCUT2D eigenvalue weighted by Crippen LogP contribution is 2.52. The Balaban J connectivity index is 2.32. The van der Waals surface area contributed by atoms with Crippen molar-refractivity contribution in [2.24, 2.45) is 11.1 Å². The minimum absolute atomic E-state index is 0.146. The summed E-state index contributed by atoms with van der Waals surface area (Å²) in [5.74, 6) is 0.0850. The van der Waals surface area contributed by atoms with Gasteiger partial charge in [0.05, 0.1) is 5.41 Å². The summed E-state index contributed by atoms with van der Waals surface area (Å²) < 4.78 is 0. The molecule has 0 radical (unpaired) electrons. The zero-order chi connectivity index (χ0) is 12.5. The molecule has 0 saturated heterocycles. The second-order valence-corrected chi connectivity index (χ2v) is 5.00. The Morgan fingerprint density at radius 3 is 2.29 bits per heavy atom. The molecular formula is C14H20N2O. The average Bonchev–Trinajstić information content (AvgIpc) is 2.24. The molecule has 1 aliphatic carbocycles. The standard InChI is InChI=1S/C14H20N2O/c1-2-12(10-4-6-11(15)7-5-10)14(13(16)17)8-3-9-14/h4-7,12H,2-3,8-9,15H2,1H3,(H2,16,17). The van der Waals surface area contributed by atoms with Gasteiger partial charge in [0.2, 0.25) is 5.91 Å². The monoisotopic (exact) mass is 232 g/mol. The third kappa shape index (κ3) is 1.90. The van der Waals surface area contributed by atoms with Crippen molar-refractivity contribution < 1.29 is 4.79 Å². The summed E-state index contributed by atoms with van der Waals surface area (Å²) in [6.07, 6.45) is 3.89. The molecule has 1 aromatic rings. The largest absolute Gasteiger partial charge is 0.399 e. The van der Waals surface area contributed by atoms with E-state index in [2.05, 4.69) is 6.92 Å². The van der Waals surface area contributed by atoms with Gasteiger partial charge in [-0.15, -0.1) is 0 Å². The fraction of sp³-hybridized carbons (Fsp3) is 0.500. The molecule has 0 aliphatic heterocycles. The lowest BCUT2D eigenvalue weighted by Crippen LogP contribution is -2.47. The molecule has 2 rings (SSSR count). The van der Waals surface area contributed by atoms with Crippen LogP contribution in [0, 0.1) is 5.41 Å². The number of carbonyl (C=O) groups excluding carboxylic acids is 1. The van der Waals surface area contributed by atoms with Crippen molar-refractivity contribution in [2.45, 2.75) is 38.5 Å². The molecule has 1 aliphatic rings. The van der Waals surface area contributed by atoms with Gasteiger partial charge in [-0.05, 0) is 42.9 Å². The van der Waals surface area contributed by atoms with Crippen LogP contribution in [0.2, 0.25) is 0 Å². The molecule has 3 heteroatoms. The number of hydrogen-bond donors (Lipinski definition) is 2. The van der Waals surface area contributed by atoms with Crippen molar-refractivity contribution in [3.8, 4) is 0 Å². The molecule has 0 aromatic heterocycles. The number of anilines is 1. The zero-order valence-electron chi connectivity index (χ0n) is 10.3. The molecule has 17 heavy (non-hydrogen) atoms. The highest BCUT2D eigenvalue weighted by molar-refractivity contribution is 5.83. The van der Waals surface area contributed by atoms with Crippen molar-refractivity contribution in [1.82, 2.24) is 0 Å².